The third kappa shape index (κ3) is 5.11. The van der Waals surface area contributed by atoms with Crippen LogP contribution < -0.4 is 0 Å². The molecule has 0 aromatic carbocycles. The largest absolute Gasteiger partial charge is 0.471 e. The molecule has 1 aromatic heterocycles. The molecule has 0 aliphatic carbocycles. The van der Waals surface area contributed by atoms with Crippen LogP contribution in [-0.2, 0) is 16.6 Å². The van der Waals surface area contributed by atoms with Crippen LogP contribution in [0.5, 0.6) is 0 Å². The van der Waals surface area contributed by atoms with Crippen LogP contribution in [0.3, 0.4) is 0 Å². The van der Waals surface area contributed by atoms with Crippen molar-refractivity contribution in [3.05, 3.63) is 23.0 Å². The van der Waals surface area contributed by atoms with Gasteiger partial charge in [0.2, 0.25) is 5.91 Å². The van der Waals surface area contributed by atoms with Gasteiger partial charge in [-0.1, -0.05) is 0 Å². The maximum atomic E-state index is 12.8. The van der Waals surface area contributed by atoms with Gasteiger partial charge in [0.1, 0.15) is 0 Å². The van der Waals surface area contributed by atoms with Crippen LogP contribution in [0.25, 0.3) is 0 Å². The van der Waals surface area contributed by atoms with Crippen molar-refractivity contribution in [2.24, 2.45) is 13.0 Å². The highest BCUT2D eigenvalue weighted by molar-refractivity contribution is 5.99. The number of amides is 2. The Balaban J connectivity index is 1.46. The van der Waals surface area contributed by atoms with Gasteiger partial charge in [0.05, 0.1) is 6.54 Å². The number of rotatable bonds is 4. The number of carbonyl (C=O) groups excluding carboxylic acids is 3. The lowest BCUT2D eigenvalue weighted by Crippen LogP contribution is -2.53. The molecule has 31 heavy (non-hydrogen) atoms. The molecule has 0 bridgehead atoms. The first-order chi connectivity index (χ1) is 14.5. The SMILES string of the molecule is Cc1cc(C(=O)CN2CCN(C(=O)C3CCN(C(=O)C(F)(F)F)CC3)CC2)c(C)n1C. The normalized spacial score (nSPS) is 19.0. The maximum absolute atomic E-state index is 12.8. The van der Waals surface area contributed by atoms with Crippen LogP contribution in [0.2, 0.25) is 0 Å². The molecule has 0 radical (unpaired) electrons. The lowest BCUT2D eigenvalue weighted by molar-refractivity contribution is -0.187. The average molecular weight is 442 g/mol. The van der Waals surface area contributed by atoms with E-state index in [9.17, 15) is 27.6 Å². The molecule has 2 fully saturated rings. The van der Waals surface area contributed by atoms with Gasteiger partial charge in [0.25, 0.3) is 0 Å². The lowest BCUT2D eigenvalue weighted by atomic mass is 9.95. The van der Waals surface area contributed by atoms with Gasteiger partial charge in [-0.05, 0) is 32.8 Å². The highest BCUT2D eigenvalue weighted by Gasteiger charge is 2.44. The van der Waals surface area contributed by atoms with Gasteiger partial charge in [-0.2, -0.15) is 13.2 Å². The van der Waals surface area contributed by atoms with Crippen molar-refractivity contribution in [1.29, 1.82) is 0 Å². The number of Topliss-reactive ketones (excluding diaryl/α,β-unsaturated/α-hetero) is 1. The second-order valence-corrected chi connectivity index (χ2v) is 8.43. The third-order valence-corrected chi connectivity index (χ3v) is 6.50. The fraction of sp³-hybridized carbons (Fsp3) is 0.667. The molecule has 3 heterocycles. The van der Waals surface area contributed by atoms with E-state index in [1.54, 1.807) is 4.90 Å². The highest BCUT2D eigenvalue weighted by atomic mass is 19.4. The molecule has 2 saturated heterocycles. The molecular weight excluding hydrogens is 413 g/mol. The van der Waals surface area contributed by atoms with Crippen LogP contribution in [0.4, 0.5) is 13.2 Å². The van der Waals surface area contributed by atoms with Gasteiger partial charge < -0.3 is 14.4 Å². The number of piperidine rings is 1. The van der Waals surface area contributed by atoms with E-state index < -0.39 is 12.1 Å². The highest BCUT2D eigenvalue weighted by Crippen LogP contribution is 2.25. The zero-order valence-corrected chi connectivity index (χ0v) is 18.2. The number of aromatic nitrogens is 1. The van der Waals surface area contributed by atoms with E-state index in [2.05, 4.69) is 0 Å². The summed E-state index contributed by atoms with van der Waals surface area (Å²) in [5.41, 5.74) is 2.68. The minimum atomic E-state index is -4.87. The monoisotopic (exact) mass is 442 g/mol. The number of aryl methyl sites for hydroxylation is 1. The van der Waals surface area contributed by atoms with Crippen molar-refractivity contribution in [3.8, 4) is 0 Å². The van der Waals surface area contributed by atoms with Gasteiger partial charge >= 0.3 is 12.1 Å². The first kappa shape index (κ1) is 23.3. The first-order valence-electron chi connectivity index (χ1n) is 10.5. The smallest absolute Gasteiger partial charge is 0.351 e. The number of ketones is 1. The van der Waals surface area contributed by atoms with Gasteiger partial charge in [-0.25, -0.2) is 0 Å². The van der Waals surface area contributed by atoms with Crippen molar-refractivity contribution in [1.82, 2.24) is 19.3 Å². The Hall–Kier alpha value is -2.36. The Kier molecular flexibility index (Phi) is 6.78. The average Bonchev–Trinajstić information content (AvgIpc) is 3.00. The maximum Gasteiger partial charge on any atom is 0.471 e. The summed E-state index contributed by atoms with van der Waals surface area (Å²) in [7, 11) is 1.93. The number of hydrogen-bond acceptors (Lipinski definition) is 4. The zero-order chi connectivity index (χ0) is 22.9. The number of nitrogens with zero attached hydrogens (tertiary/aromatic N) is 4. The molecule has 7 nitrogen and oxygen atoms in total. The van der Waals surface area contributed by atoms with Gasteiger partial charge in [0, 0.05) is 69.2 Å². The standard InChI is InChI=1S/C21H29F3N4O3/c1-14-12-17(15(2)25(14)3)18(29)13-26-8-10-27(11-9-26)19(30)16-4-6-28(7-5-16)20(31)21(22,23)24/h12,16H,4-11,13H2,1-3H3. The minimum Gasteiger partial charge on any atom is -0.351 e. The van der Waals surface area contributed by atoms with E-state index in [4.69, 9.17) is 0 Å². The number of likely N-dealkylation sites (tertiary alicyclic amines) is 1. The lowest BCUT2D eigenvalue weighted by Gasteiger charge is -2.38. The van der Waals surface area contributed by atoms with Gasteiger partial charge in [0.15, 0.2) is 5.78 Å². The van der Waals surface area contributed by atoms with Crippen LogP contribution in [0.1, 0.15) is 34.6 Å². The minimum absolute atomic E-state index is 0.0565. The molecule has 0 saturated carbocycles. The van der Waals surface area contributed by atoms with Crippen LogP contribution in [0, 0.1) is 19.8 Å². The molecule has 10 heteroatoms. The molecule has 172 valence electrons. The van der Waals surface area contributed by atoms with E-state index in [1.807, 2.05) is 36.4 Å². The molecule has 0 spiro atoms. The summed E-state index contributed by atoms with van der Waals surface area (Å²) in [5.74, 6) is -2.21. The van der Waals surface area contributed by atoms with E-state index >= 15 is 0 Å². The van der Waals surface area contributed by atoms with E-state index in [-0.39, 0.29) is 43.5 Å². The molecule has 0 atom stereocenters. The molecule has 0 N–H and O–H groups in total. The van der Waals surface area contributed by atoms with Gasteiger partial charge in [-0.3, -0.25) is 19.3 Å². The molecular formula is C21H29F3N4O3. The number of halogens is 3. The predicted octanol–water partition coefficient (Wildman–Crippen LogP) is 1.77. The third-order valence-electron chi connectivity index (χ3n) is 6.50. The second kappa shape index (κ2) is 9.02. The summed E-state index contributed by atoms with van der Waals surface area (Å²) < 4.78 is 39.7. The van der Waals surface area contributed by atoms with E-state index in [0.29, 0.717) is 32.7 Å². The Morgan fingerprint density at radius 3 is 2.03 bits per heavy atom. The summed E-state index contributed by atoms with van der Waals surface area (Å²) in [5, 5.41) is 0. The molecule has 1 aromatic rings. The molecule has 0 unspecified atom stereocenters. The Labute approximate surface area is 179 Å². The summed E-state index contributed by atoms with van der Waals surface area (Å²) in [4.78, 5) is 41.3. The predicted molar refractivity (Wildman–Crippen MR) is 108 cm³/mol. The second-order valence-electron chi connectivity index (χ2n) is 8.43. The Morgan fingerprint density at radius 2 is 1.55 bits per heavy atom. The zero-order valence-electron chi connectivity index (χ0n) is 18.2. The quantitative estimate of drug-likeness (QED) is 0.667. The molecule has 2 aliphatic rings. The molecule has 3 rings (SSSR count). The number of alkyl halides is 3. The fourth-order valence-electron chi connectivity index (χ4n) is 4.32. The van der Waals surface area contributed by atoms with Crippen LogP contribution >= 0.6 is 0 Å². The number of piperazine rings is 1. The van der Waals surface area contributed by atoms with Crippen molar-refractivity contribution in [2.75, 3.05) is 45.8 Å². The topological polar surface area (TPSA) is 65.9 Å². The van der Waals surface area contributed by atoms with E-state index in [1.165, 1.54) is 0 Å². The van der Waals surface area contributed by atoms with Crippen molar-refractivity contribution in [3.63, 3.8) is 0 Å². The first-order valence-corrected chi connectivity index (χ1v) is 10.5. The van der Waals surface area contributed by atoms with Gasteiger partial charge in [-0.15, -0.1) is 0 Å². The Morgan fingerprint density at radius 1 is 0.968 bits per heavy atom. The molecule has 2 amide bonds. The van der Waals surface area contributed by atoms with Crippen molar-refractivity contribution >= 4 is 17.6 Å². The van der Waals surface area contributed by atoms with Crippen molar-refractivity contribution < 1.29 is 27.6 Å². The van der Waals surface area contributed by atoms with Crippen LogP contribution in [-0.4, -0.2) is 88.9 Å². The molecule has 2 aliphatic heterocycles. The summed E-state index contributed by atoms with van der Waals surface area (Å²) in [6, 6.07) is 1.90. The number of carbonyl (C=O) groups is 3. The summed E-state index contributed by atoms with van der Waals surface area (Å²) in [6.45, 7) is 6.19. The Bertz CT molecular complexity index is 849. The fourth-order valence-corrected chi connectivity index (χ4v) is 4.32. The number of hydrogen-bond donors (Lipinski definition) is 0. The summed E-state index contributed by atoms with van der Waals surface area (Å²) >= 11 is 0. The summed E-state index contributed by atoms with van der Waals surface area (Å²) in [6.07, 6.45) is -4.39. The van der Waals surface area contributed by atoms with Crippen molar-refractivity contribution in [2.45, 2.75) is 32.9 Å². The van der Waals surface area contributed by atoms with Crippen LogP contribution in [0.15, 0.2) is 6.07 Å². The van der Waals surface area contributed by atoms with E-state index in [0.717, 1.165) is 21.9 Å².